The number of nitrogens with zero attached hydrogens (tertiary/aromatic N) is 5. The lowest BCUT2D eigenvalue weighted by Crippen LogP contribution is -2.47. The van der Waals surface area contributed by atoms with E-state index in [1.54, 1.807) is 13.4 Å². The Bertz CT molecular complexity index is 788. The summed E-state index contributed by atoms with van der Waals surface area (Å²) in [7, 11) is 1.69. The van der Waals surface area contributed by atoms with Gasteiger partial charge in [0.25, 0.3) is 0 Å². The SMILES string of the molecule is COc1ccc(N2CCN(c3ncnc(N4CCCCC4C)c3N)CC2)cc1. The van der Waals surface area contributed by atoms with Crippen molar-refractivity contribution < 1.29 is 4.74 Å². The molecule has 1 aromatic carbocycles. The molecule has 7 heteroatoms. The Balaban J connectivity index is 1.46. The van der Waals surface area contributed by atoms with Crippen LogP contribution in [0.3, 0.4) is 0 Å². The topological polar surface area (TPSA) is 70.8 Å². The van der Waals surface area contributed by atoms with Gasteiger partial charge in [-0.3, -0.25) is 0 Å². The van der Waals surface area contributed by atoms with E-state index in [9.17, 15) is 0 Å². The average molecular weight is 383 g/mol. The fourth-order valence-electron chi connectivity index (χ4n) is 4.24. The third-order valence-electron chi connectivity index (χ3n) is 5.93. The predicted molar refractivity (Wildman–Crippen MR) is 115 cm³/mol. The van der Waals surface area contributed by atoms with E-state index in [4.69, 9.17) is 10.5 Å². The summed E-state index contributed by atoms with van der Waals surface area (Å²) in [6.45, 7) is 6.93. The molecule has 4 rings (SSSR count). The van der Waals surface area contributed by atoms with Gasteiger partial charge in [-0.05, 0) is 50.5 Å². The fraction of sp³-hybridized carbons (Fsp3) is 0.524. The molecule has 1 aromatic heterocycles. The number of piperazine rings is 1. The number of aromatic nitrogens is 2. The van der Waals surface area contributed by atoms with Crippen molar-refractivity contribution in [3.8, 4) is 5.75 Å². The van der Waals surface area contributed by atoms with E-state index < -0.39 is 0 Å². The smallest absolute Gasteiger partial charge is 0.157 e. The Kier molecular flexibility index (Phi) is 5.41. The van der Waals surface area contributed by atoms with Crippen molar-refractivity contribution in [3.63, 3.8) is 0 Å². The van der Waals surface area contributed by atoms with Crippen LogP contribution in [0.15, 0.2) is 30.6 Å². The number of anilines is 4. The van der Waals surface area contributed by atoms with E-state index in [1.807, 2.05) is 12.1 Å². The molecule has 0 spiro atoms. The normalized spacial score (nSPS) is 20.4. The van der Waals surface area contributed by atoms with Crippen LogP contribution in [0.25, 0.3) is 0 Å². The number of ether oxygens (including phenoxy) is 1. The standard InChI is InChI=1S/C21H30N6O/c1-16-5-3-4-10-27(16)21-19(22)20(23-15-24-21)26-13-11-25(12-14-26)17-6-8-18(28-2)9-7-17/h6-9,15-16H,3-5,10-14,22H2,1-2H3. The van der Waals surface area contributed by atoms with Gasteiger partial charge < -0.3 is 25.2 Å². The summed E-state index contributed by atoms with van der Waals surface area (Å²) in [5.74, 6) is 2.66. The van der Waals surface area contributed by atoms with Crippen molar-refractivity contribution in [2.24, 2.45) is 0 Å². The third-order valence-corrected chi connectivity index (χ3v) is 5.93. The van der Waals surface area contributed by atoms with E-state index in [1.165, 1.54) is 24.9 Å². The summed E-state index contributed by atoms with van der Waals surface area (Å²) < 4.78 is 5.25. The Labute approximate surface area is 167 Å². The number of methoxy groups -OCH3 is 1. The monoisotopic (exact) mass is 382 g/mol. The van der Waals surface area contributed by atoms with Crippen LogP contribution in [-0.2, 0) is 0 Å². The van der Waals surface area contributed by atoms with Crippen LogP contribution in [0.1, 0.15) is 26.2 Å². The van der Waals surface area contributed by atoms with Crippen molar-refractivity contribution in [3.05, 3.63) is 30.6 Å². The Morgan fingerprint density at radius 2 is 1.61 bits per heavy atom. The van der Waals surface area contributed by atoms with Gasteiger partial charge in [0.2, 0.25) is 0 Å². The Hall–Kier alpha value is -2.70. The van der Waals surface area contributed by atoms with Gasteiger partial charge in [-0.2, -0.15) is 0 Å². The number of piperidine rings is 1. The molecular formula is C21H30N6O. The van der Waals surface area contributed by atoms with E-state index in [2.05, 4.69) is 43.7 Å². The number of hydrogen-bond donors (Lipinski definition) is 1. The largest absolute Gasteiger partial charge is 0.497 e. The highest BCUT2D eigenvalue weighted by Crippen LogP contribution is 2.33. The zero-order valence-electron chi connectivity index (χ0n) is 16.8. The van der Waals surface area contributed by atoms with Crippen molar-refractivity contribution in [1.29, 1.82) is 0 Å². The molecular weight excluding hydrogens is 352 g/mol. The van der Waals surface area contributed by atoms with Gasteiger partial charge in [-0.15, -0.1) is 0 Å². The zero-order valence-corrected chi connectivity index (χ0v) is 16.8. The summed E-state index contributed by atoms with van der Waals surface area (Å²) in [4.78, 5) is 16.1. The molecule has 1 atom stereocenters. The number of hydrogen-bond acceptors (Lipinski definition) is 7. The molecule has 2 saturated heterocycles. The average Bonchev–Trinajstić information content (AvgIpc) is 2.75. The molecule has 2 N–H and O–H groups in total. The molecule has 28 heavy (non-hydrogen) atoms. The van der Waals surface area contributed by atoms with E-state index in [-0.39, 0.29) is 0 Å². The molecule has 2 aliphatic heterocycles. The molecule has 0 saturated carbocycles. The minimum atomic E-state index is 0.478. The van der Waals surface area contributed by atoms with Gasteiger partial charge in [-0.25, -0.2) is 9.97 Å². The van der Waals surface area contributed by atoms with Crippen molar-refractivity contribution in [1.82, 2.24) is 9.97 Å². The van der Waals surface area contributed by atoms with E-state index >= 15 is 0 Å². The van der Waals surface area contributed by atoms with Gasteiger partial charge in [0.15, 0.2) is 11.6 Å². The first-order valence-electron chi connectivity index (χ1n) is 10.2. The molecule has 2 aromatic rings. The molecule has 0 amide bonds. The predicted octanol–water partition coefficient (Wildman–Crippen LogP) is 2.77. The lowest BCUT2D eigenvalue weighted by Gasteiger charge is -2.38. The maximum absolute atomic E-state index is 6.55. The van der Waals surface area contributed by atoms with Crippen molar-refractivity contribution in [2.45, 2.75) is 32.2 Å². The number of rotatable bonds is 4. The highest BCUT2D eigenvalue weighted by molar-refractivity contribution is 5.76. The minimum absolute atomic E-state index is 0.478. The second kappa shape index (κ2) is 8.12. The van der Waals surface area contributed by atoms with Crippen LogP contribution >= 0.6 is 0 Å². The summed E-state index contributed by atoms with van der Waals surface area (Å²) in [5, 5.41) is 0. The first-order chi connectivity index (χ1) is 13.7. The first-order valence-corrected chi connectivity index (χ1v) is 10.2. The fourth-order valence-corrected chi connectivity index (χ4v) is 4.24. The lowest BCUT2D eigenvalue weighted by molar-refractivity contribution is 0.415. The molecule has 0 radical (unpaired) electrons. The third kappa shape index (κ3) is 3.66. The lowest BCUT2D eigenvalue weighted by atomic mass is 10.0. The molecule has 7 nitrogen and oxygen atoms in total. The van der Waals surface area contributed by atoms with Gasteiger partial charge in [-0.1, -0.05) is 0 Å². The maximum Gasteiger partial charge on any atom is 0.157 e. The molecule has 150 valence electrons. The highest BCUT2D eigenvalue weighted by Gasteiger charge is 2.26. The Morgan fingerprint density at radius 3 is 2.29 bits per heavy atom. The molecule has 2 fully saturated rings. The van der Waals surface area contributed by atoms with Crippen LogP contribution in [0.2, 0.25) is 0 Å². The van der Waals surface area contributed by atoms with E-state index in [0.29, 0.717) is 11.7 Å². The number of nitrogens with two attached hydrogens (primary N) is 1. The summed E-state index contributed by atoms with van der Waals surface area (Å²) in [6.07, 6.45) is 5.34. The van der Waals surface area contributed by atoms with Gasteiger partial charge in [0, 0.05) is 44.5 Å². The second-order valence-electron chi connectivity index (χ2n) is 7.64. The van der Waals surface area contributed by atoms with Crippen molar-refractivity contribution in [2.75, 3.05) is 60.3 Å². The number of nitrogen functional groups attached to an aromatic ring is 1. The Morgan fingerprint density at radius 1 is 0.929 bits per heavy atom. The van der Waals surface area contributed by atoms with Gasteiger partial charge >= 0.3 is 0 Å². The van der Waals surface area contributed by atoms with Crippen LogP contribution in [-0.4, -0.2) is 55.8 Å². The maximum atomic E-state index is 6.55. The summed E-state index contributed by atoms with van der Waals surface area (Å²) in [6, 6.07) is 8.73. The molecule has 2 aliphatic rings. The van der Waals surface area contributed by atoms with Crippen LogP contribution < -0.4 is 25.2 Å². The van der Waals surface area contributed by atoms with Gasteiger partial charge in [0.05, 0.1) is 7.11 Å². The van der Waals surface area contributed by atoms with Crippen molar-refractivity contribution >= 4 is 23.0 Å². The molecule has 0 aliphatic carbocycles. The van der Waals surface area contributed by atoms with Crippen LogP contribution in [0.5, 0.6) is 5.75 Å². The van der Waals surface area contributed by atoms with Crippen LogP contribution in [0, 0.1) is 0 Å². The molecule has 1 unspecified atom stereocenters. The highest BCUT2D eigenvalue weighted by atomic mass is 16.5. The molecule has 3 heterocycles. The minimum Gasteiger partial charge on any atom is -0.497 e. The van der Waals surface area contributed by atoms with E-state index in [0.717, 1.165) is 50.1 Å². The molecule has 0 bridgehead atoms. The zero-order chi connectivity index (χ0) is 19.5. The first kappa shape index (κ1) is 18.7. The van der Waals surface area contributed by atoms with Gasteiger partial charge in [0.1, 0.15) is 17.8 Å². The number of benzene rings is 1. The van der Waals surface area contributed by atoms with Crippen LogP contribution in [0.4, 0.5) is 23.0 Å². The quantitative estimate of drug-likeness (QED) is 0.872. The summed E-state index contributed by atoms with van der Waals surface area (Å²) >= 11 is 0. The summed E-state index contributed by atoms with van der Waals surface area (Å²) in [5.41, 5.74) is 8.49. The second-order valence-corrected chi connectivity index (χ2v) is 7.64.